The van der Waals surface area contributed by atoms with Crippen LogP contribution in [0.4, 0.5) is 13.2 Å². The molecule has 0 amide bonds. The van der Waals surface area contributed by atoms with Crippen molar-refractivity contribution in [2.24, 2.45) is 0 Å². The first-order valence-electron chi connectivity index (χ1n) is 4.26. The van der Waals surface area contributed by atoms with Gasteiger partial charge in [-0.3, -0.25) is 9.59 Å². The average Bonchev–Trinajstić information content (AvgIpc) is 2.26. The number of alkyl halides is 4. The summed E-state index contributed by atoms with van der Waals surface area (Å²) in [5.74, 6) is -0.673. The summed E-state index contributed by atoms with van der Waals surface area (Å²) in [6.07, 6.45) is -4.32. The standard InChI is InChI=1S/C10H5BrF3IO2/c11-3-9(17)6-2-8(15)5(4-16)1-7(6)10(12,13)14/h1-2,4H,3H2. The van der Waals surface area contributed by atoms with Gasteiger partial charge < -0.3 is 0 Å². The molecule has 0 aliphatic rings. The molecule has 0 aliphatic carbocycles. The lowest BCUT2D eigenvalue weighted by atomic mass is 10.0. The number of carbonyl (C=O) groups excluding carboxylic acids is 2. The van der Waals surface area contributed by atoms with E-state index in [0.29, 0.717) is 15.9 Å². The number of aldehydes is 1. The maximum Gasteiger partial charge on any atom is 0.417 e. The Kier molecular flexibility index (Phi) is 4.70. The number of ketones is 1. The second-order valence-electron chi connectivity index (χ2n) is 3.09. The number of rotatable bonds is 3. The fraction of sp³-hybridized carbons (Fsp3) is 0.200. The molecule has 0 N–H and O–H groups in total. The maximum absolute atomic E-state index is 12.7. The van der Waals surface area contributed by atoms with Crippen molar-refractivity contribution in [3.8, 4) is 0 Å². The second-order valence-corrected chi connectivity index (χ2v) is 4.81. The van der Waals surface area contributed by atoms with Gasteiger partial charge >= 0.3 is 6.18 Å². The molecule has 0 fully saturated rings. The first kappa shape index (κ1) is 14.6. The van der Waals surface area contributed by atoms with Gasteiger partial charge in [-0.15, -0.1) is 0 Å². The molecule has 0 spiro atoms. The fourth-order valence-electron chi connectivity index (χ4n) is 1.22. The second kappa shape index (κ2) is 5.47. The highest BCUT2D eigenvalue weighted by Crippen LogP contribution is 2.34. The van der Waals surface area contributed by atoms with Crippen LogP contribution in [0.3, 0.4) is 0 Å². The summed E-state index contributed by atoms with van der Waals surface area (Å²) in [6, 6.07) is 1.78. The summed E-state index contributed by atoms with van der Waals surface area (Å²) in [7, 11) is 0. The monoisotopic (exact) mass is 420 g/mol. The van der Waals surface area contributed by atoms with E-state index in [1.54, 1.807) is 22.6 Å². The summed E-state index contributed by atoms with van der Waals surface area (Å²) in [4.78, 5) is 22.0. The van der Waals surface area contributed by atoms with Crippen molar-refractivity contribution in [2.75, 3.05) is 5.33 Å². The molecular formula is C10H5BrF3IO2. The SMILES string of the molecule is O=Cc1cc(C(F)(F)F)c(C(=O)CBr)cc1I. The van der Waals surface area contributed by atoms with E-state index in [1.807, 2.05) is 0 Å². The van der Waals surface area contributed by atoms with E-state index in [9.17, 15) is 22.8 Å². The molecule has 92 valence electrons. The van der Waals surface area contributed by atoms with E-state index in [1.165, 1.54) is 0 Å². The van der Waals surface area contributed by atoms with Crippen LogP contribution in [0.2, 0.25) is 0 Å². The molecule has 0 bridgehead atoms. The third kappa shape index (κ3) is 3.27. The molecule has 0 atom stereocenters. The topological polar surface area (TPSA) is 34.1 Å². The van der Waals surface area contributed by atoms with Crippen molar-refractivity contribution in [1.82, 2.24) is 0 Å². The third-order valence-corrected chi connectivity index (χ3v) is 3.43. The maximum atomic E-state index is 12.7. The van der Waals surface area contributed by atoms with Crippen molar-refractivity contribution in [3.63, 3.8) is 0 Å². The molecule has 0 saturated heterocycles. The Hall–Kier alpha value is -0.440. The Labute approximate surface area is 117 Å². The van der Waals surface area contributed by atoms with Crippen molar-refractivity contribution in [3.05, 3.63) is 32.4 Å². The van der Waals surface area contributed by atoms with Gasteiger partial charge in [-0.05, 0) is 34.7 Å². The van der Waals surface area contributed by atoms with E-state index in [-0.39, 0.29) is 10.9 Å². The molecule has 0 unspecified atom stereocenters. The largest absolute Gasteiger partial charge is 0.417 e. The molecule has 0 saturated carbocycles. The molecule has 0 aliphatic heterocycles. The van der Waals surface area contributed by atoms with Crippen molar-refractivity contribution in [2.45, 2.75) is 6.18 Å². The van der Waals surface area contributed by atoms with Crippen LogP contribution in [-0.4, -0.2) is 17.4 Å². The molecule has 1 aromatic rings. The van der Waals surface area contributed by atoms with Crippen LogP contribution >= 0.6 is 38.5 Å². The predicted octanol–water partition coefficient (Wildman–Crippen LogP) is 3.70. The van der Waals surface area contributed by atoms with Gasteiger partial charge in [-0.25, -0.2) is 0 Å². The van der Waals surface area contributed by atoms with Crippen LogP contribution in [-0.2, 0) is 6.18 Å². The minimum absolute atomic E-state index is 0.0796. The Morgan fingerprint density at radius 3 is 2.41 bits per heavy atom. The quantitative estimate of drug-likeness (QED) is 0.323. The fourth-order valence-corrected chi connectivity index (χ4v) is 2.11. The van der Waals surface area contributed by atoms with E-state index >= 15 is 0 Å². The summed E-state index contributed by atoms with van der Waals surface area (Å²) in [6.45, 7) is 0. The lowest BCUT2D eigenvalue weighted by Gasteiger charge is -2.13. The first-order chi connectivity index (χ1) is 7.81. The summed E-state index contributed by atoms with van der Waals surface area (Å²) >= 11 is 4.54. The Morgan fingerprint density at radius 2 is 2.00 bits per heavy atom. The van der Waals surface area contributed by atoms with Gasteiger partial charge in [0.15, 0.2) is 12.1 Å². The number of Topliss-reactive ketones (excluding diaryl/α,β-unsaturated/α-hetero) is 1. The van der Waals surface area contributed by atoms with Crippen molar-refractivity contribution >= 4 is 50.6 Å². The Morgan fingerprint density at radius 1 is 1.41 bits per heavy atom. The van der Waals surface area contributed by atoms with E-state index < -0.39 is 23.1 Å². The summed E-state index contributed by atoms with van der Waals surface area (Å²) in [5.41, 5.74) is -1.59. The molecular weight excluding hydrogens is 416 g/mol. The summed E-state index contributed by atoms with van der Waals surface area (Å²) in [5, 5.41) is -0.202. The normalized spacial score (nSPS) is 11.4. The van der Waals surface area contributed by atoms with Crippen LogP contribution < -0.4 is 0 Å². The minimum Gasteiger partial charge on any atom is -0.298 e. The van der Waals surface area contributed by atoms with E-state index in [4.69, 9.17) is 0 Å². The van der Waals surface area contributed by atoms with Gasteiger partial charge in [0.25, 0.3) is 0 Å². The van der Waals surface area contributed by atoms with Crippen LogP contribution in [0.15, 0.2) is 12.1 Å². The van der Waals surface area contributed by atoms with Gasteiger partial charge in [-0.2, -0.15) is 13.2 Å². The zero-order valence-electron chi connectivity index (χ0n) is 8.15. The third-order valence-electron chi connectivity index (χ3n) is 1.99. The van der Waals surface area contributed by atoms with Gasteiger partial charge in [0.1, 0.15) is 0 Å². The molecule has 1 aromatic carbocycles. The number of benzene rings is 1. The number of hydrogen-bond acceptors (Lipinski definition) is 2. The van der Waals surface area contributed by atoms with Crippen LogP contribution in [0.5, 0.6) is 0 Å². The van der Waals surface area contributed by atoms with Crippen LogP contribution in [0.1, 0.15) is 26.3 Å². The Bertz CT molecular complexity index is 471. The van der Waals surface area contributed by atoms with Gasteiger partial charge in [0, 0.05) is 14.7 Å². The van der Waals surface area contributed by atoms with E-state index in [0.717, 1.165) is 6.07 Å². The lowest BCUT2D eigenvalue weighted by molar-refractivity contribution is -0.137. The highest BCUT2D eigenvalue weighted by atomic mass is 127. The zero-order chi connectivity index (χ0) is 13.2. The van der Waals surface area contributed by atoms with E-state index in [2.05, 4.69) is 15.9 Å². The van der Waals surface area contributed by atoms with Gasteiger partial charge in [-0.1, -0.05) is 15.9 Å². The predicted molar refractivity (Wildman–Crippen MR) is 67.7 cm³/mol. The van der Waals surface area contributed by atoms with Gasteiger partial charge in [0.2, 0.25) is 0 Å². The minimum atomic E-state index is -4.66. The molecule has 0 aromatic heterocycles. The average molecular weight is 421 g/mol. The molecule has 0 radical (unpaired) electrons. The molecule has 1 rings (SSSR count). The lowest BCUT2D eigenvalue weighted by Crippen LogP contribution is -2.15. The first-order valence-corrected chi connectivity index (χ1v) is 6.46. The number of hydrogen-bond donors (Lipinski definition) is 0. The summed E-state index contributed by atoms with van der Waals surface area (Å²) < 4.78 is 38.4. The smallest absolute Gasteiger partial charge is 0.298 e. The highest BCUT2D eigenvalue weighted by Gasteiger charge is 2.35. The number of halogens is 5. The molecule has 2 nitrogen and oxygen atoms in total. The zero-order valence-corrected chi connectivity index (χ0v) is 11.9. The highest BCUT2D eigenvalue weighted by molar-refractivity contribution is 14.1. The van der Waals surface area contributed by atoms with Crippen LogP contribution in [0.25, 0.3) is 0 Å². The van der Waals surface area contributed by atoms with Crippen LogP contribution in [0, 0.1) is 3.57 Å². The molecule has 7 heteroatoms. The van der Waals surface area contributed by atoms with Crippen molar-refractivity contribution in [1.29, 1.82) is 0 Å². The Balaban J connectivity index is 3.52. The van der Waals surface area contributed by atoms with Gasteiger partial charge in [0.05, 0.1) is 10.9 Å². The molecule has 0 heterocycles. The molecule has 17 heavy (non-hydrogen) atoms. The number of carbonyl (C=O) groups is 2. The van der Waals surface area contributed by atoms with Crippen molar-refractivity contribution < 1.29 is 22.8 Å².